The summed E-state index contributed by atoms with van der Waals surface area (Å²) in [6, 6.07) is 5.39. The molecule has 1 aromatic carbocycles. The van der Waals surface area contributed by atoms with Gasteiger partial charge in [-0.3, -0.25) is 14.3 Å². The molecule has 0 aliphatic carbocycles. The van der Waals surface area contributed by atoms with Crippen molar-refractivity contribution in [1.29, 1.82) is 0 Å². The smallest absolute Gasteiger partial charge is 0.253 e. The van der Waals surface area contributed by atoms with Crippen molar-refractivity contribution in [3.05, 3.63) is 70.0 Å². The number of hydrogen-bond donors (Lipinski definition) is 1. The van der Waals surface area contributed by atoms with Crippen LogP contribution in [0.15, 0.2) is 35.8 Å². The molecule has 5 nitrogen and oxygen atoms in total. The maximum Gasteiger partial charge on any atom is 0.253 e. The van der Waals surface area contributed by atoms with Gasteiger partial charge in [-0.15, -0.1) is 11.3 Å². The van der Waals surface area contributed by atoms with E-state index in [9.17, 15) is 13.6 Å². The average Bonchev–Trinajstić information content (AvgIpc) is 3.38. The molecule has 3 heterocycles. The van der Waals surface area contributed by atoms with E-state index in [1.54, 1.807) is 12.3 Å². The van der Waals surface area contributed by atoms with Gasteiger partial charge in [-0.05, 0) is 51.1 Å². The molecule has 0 unspecified atom stereocenters. The number of benzene rings is 1. The van der Waals surface area contributed by atoms with Crippen LogP contribution in [0.5, 0.6) is 0 Å². The Labute approximate surface area is 172 Å². The Kier molecular flexibility index (Phi) is 5.23. The van der Waals surface area contributed by atoms with Gasteiger partial charge < -0.3 is 5.32 Å². The largest absolute Gasteiger partial charge is 0.347 e. The number of rotatable bonds is 4. The molecular weight excluding hydrogens is 394 g/mol. The van der Waals surface area contributed by atoms with Crippen molar-refractivity contribution in [2.24, 2.45) is 0 Å². The van der Waals surface area contributed by atoms with Crippen LogP contribution in [0.3, 0.4) is 0 Å². The first kappa shape index (κ1) is 19.7. The van der Waals surface area contributed by atoms with Crippen LogP contribution < -0.4 is 5.32 Å². The summed E-state index contributed by atoms with van der Waals surface area (Å²) in [5.41, 5.74) is 3.01. The third-order valence-corrected chi connectivity index (χ3v) is 6.29. The third-order valence-electron chi connectivity index (χ3n) is 5.54. The number of likely N-dealkylation sites (tertiary alicyclic amines) is 1. The number of carbonyl (C=O) groups excluding carboxylic acids is 1. The third kappa shape index (κ3) is 3.58. The number of aromatic nitrogens is 2. The Bertz CT molecular complexity index is 1050. The number of amides is 1. The fraction of sp³-hybridized carbons (Fsp3) is 0.333. The maximum absolute atomic E-state index is 13.8. The van der Waals surface area contributed by atoms with Gasteiger partial charge in [0.25, 0.3) is 5.91 Å². The lowest BCUT2D eigenvalue weighted by molar-refractivity contribution is 0.0927. The normalized spacial score (nSPS) is 19.6. The Morgan fingerprint density at radius 2 is 2.03 bits per heavy atom. The molecule has 1 aliphatic heterocycles. The van der Waals surface area contributed by atoms with E-state index in [2.05, 4.69) is 15.2 Å². The first-order valence-electron chi connectivity index (χ1n) is 9.41. The number of thiazole rings is 1. The number of nitrogens with one attached hydrogen (secondary N) is 1. The van der Waals surface area contributed by atoms with Crippen molar-refractivity contribution in [2.75, 3.05) is 13.6 Å². The van der Waals surface area contributed by atoms with Crippen LogP contribution in [0, 0.1) is 25.5 Å². The fourth-order valence-corrected chi connectivity index (χ4v) is 4.89. The van der Waals surface area contributed by atoms with Gasteiger partial charge in [-0.1, -0.05) is 6.07 Å². The first-order chi connectivity index (χ1) is 13.9. The van der Waals surface area contributed by atoms with Crippen LogP contribution in [0.25, 0.3) is 5.13 Å². The zero-order valence-corrected chi connectivity index (χ0v) is 17.3. The second-order valence-corrected chi connectivity index (χ2v) is 8.28. The van der Waals surface area contributed by atoms with Gasteiger partial charge in [0, 0.05) is 29.5 Å². The SMILES string of the molecule is Cc1cc(C(=O)N[C@H]2CCN(C)[C@@H]2c2ccc(F)c(F)c2)c(C)n1-c1nccs1. The molecule has 152 valence electrons. The summed E-state index contributed by atoms with van der Waals surface area (Å²) in [5.74, 6) is -1.92. The van der Waals surface area contributed by atoms with Crippen molar-refractivity contribution in [1.82, 2.24) is 19.8 Å². The van der Waals surface area contributed by atoms with Gasteiger partial charge in [-0.25, -0.2) is 13.8 Å². The van der Waals surface area contributed by atoms with Crippen molar-refractivity contribution < 1.29 is 13.6 Å². The van der Waals surface area contributed by atoms with Gasteiger partial charge in [0.2, 0.25) is 0 Å². The highest BCUT2D eigenvalue weighted by Crippen LogP contribution is 2.32. The van der Waals surface area contributed by atoms with Gasteiger partial charge in [0.1, 0.15) is 0 Å². The molecule has 4 rings (SSSR count). The monoisotopic (exact) mass is 416 g/mol. The molecule has 1 fully saturated rings. The van der Waals surface area contributed by atoms with Crippen LogP contribution in [-0.2, 0) is 0 Å². The van der Waals surface area contributed by atoms with E-state index >= 15 is 0 Å². The highest BCUT2D eigenvalue weighted by molar-refractivity contribution is 7.12. The quantitative estimate of drug-likeness (QED) is 0.699. The highest BCUT2D eigenvalue weighted by Gasteiger charge is 2.35. The molecule has 1 amide bonds. The van der Waals surface area contributed by atoms with Gasteiger partial charge in [0.15, 0.2) is 16.8 Å². The zero-order chi connectivity index (χ0) is 20.7. The lowest BCUT2D eigenvalue weighted by atomic mass is 9.99. The molecule has 29 heavy (non-hydrogen) atoms. The van der Waals surface area contributed by atoms with Gasteiger partial charge >= 0.3 is 0 Å². The Morgan fingerprint density at radius 3 is 2.72 bits per heavy atom. The second kappa shape index (κ2) is 7.68. The van der Waals surface area contributed by atoms with Crippen LogP contribution in [0.1, 0.15) is 39.8 Å². The number of halogens is 2. The van der Waals surface area contributed by atoms with Gasteiger partial charge in [-0.2, -0.15) is 0 Å². The Balaban J connectivity index is 1.59. The fourth-order valence-electron chi connectivity index (χ4n) is 4.14. The molecular formula is C21H22F2N4OS. The van der Waals surface area contributed by atoms with Crippen molar-refractivity contribution in [2.45, 2.75) is 32.4 Å². The van der Waals surface area contributed by atoms with Crippen molar-refractivity contribution in [3.8, 4) is 5.13 Å². The average molecular weight is 416 g/mol. The zero-order valence-electron chi connectivity index (χ0n) is 16.4. The van der Waals surface area contributed by atoms with Gasteiger partial charge in [0.05, 0.1) is 17.6 Å². The summed E-state index contributed by atoms with van der Waals surface area (Å²) in [7, 11) is 1.92. The Morgan fingerprint density at radius 1 is 1.24 bits per heavy atom. The summed E-state index contributed by atoms with van der Waals surface area (Å²) in [4.78, 5) is 19.5. The molecule has 0 spiro atoms. The number of likely N-dealkylation sites (N-methyl/N-ethyl adjacent to an activating group) is 1. The first-order valence-corrected chi connectivity index (χ1v) is 10.3. The summed E-state index contributed by atoms with van der Waals surface area (Å²) >= 11 is 1.51. The minimum absolute atomic E-state index is 0.172. The van der Waals surface area contributed by atoms with Crippen LogP contribution >= 0.6 is 11.3 Å². The van der Waals surface area contributed by atoms with Crippen molar-refractivity contribution in [3.63, 3.8) is 0 Å². The number of nitrogens with zero attached hydrogens (tertiary/aromatic N) is 3. The van der Waals surface area contributed by atoms with Crippen LogP contribution in [0.2, 0.25) is 0 Å². The topological polar surface area (TPSA) is 50.2 Å². The maximum atomic E-state index is 13.8. The minimum Gasteiger partial charge on any atom is -0.347 e. The molecule has 8 heteroatoms. The van der Waals surface area contributed by atoms with E-state index in [1.807, 2.05) is 36.9 Å². The minimum atomic E-state index is -0.875. The highest BCUT2D eigenvalue weighted by atomic mass is 32.1. The van der Waals surface area contributed by atoms with E-state index in [1.165, 1.54) is 17.4 Å². The number of carbonyl (C=O) groups is 1. The standard InChI is InChI=1S/C21H22F2N4OS/c1-12-10-15(13(2)27(12)21-24-7-9-29-21)20(28)25-18-6-8-26(3)19(18)14-4-5-16(22)17(23)11-14/h4-5,7,9-11,18-19H,6,8H2,1-3H3,(H,25,28)/t18-,19+/m0/s1. The van der Waals surface area contributed by atoms with E-state index in [4.69, 9.17) is 0 Å². The van der Waals surface area contributed by atoms with Crippen molar-refractivity contribution >= 4 is 17.2 Å². The second-order valence-electron chi connectivity index (χ2n) is 7.40. The Hall–Kier alpha value is -2.58. The lowest BCUT2D eigenvalue weighted by Gasteiger charge is -2.26. The molecule has 0 bridgehead atoms. The lowest BCUT2D eigenvalue weighted by Crippen LogP contribution is -2.39. The van der Waals surface area contributed by atoms with E-state index < -0.39 is 11.6 Å². The van der Waals surface area contributed by atoms with E-state index in [0.29, 0.717) is 11.1 Å². The molecule has 1 N–H and O–H groups in total. The van der Waals surface area contributed by atoms with Crippen LogP contribution in [0.4, 0.5) is 8.78 Å². The molecule has 1 aliphatic rings. The summed E-state index contributed by atoms with van der Waals surface area (Å²) in [6.07, 6.45) is 2.47. The number of hydrogen-bond acceptors (Lipinski definition) is 4. The number of aryl methyl sites for hydroxylation is 1. The predicted octanol–water partition coefficient (Wildman–Crippen LogP) is 4.00. The molecule has 2 atom stereocenters. The molecule has 3 aromatic rings. The molecule has 2 aromatic heterocycles. The molecule has 1 saturated heterocycles. The molecule has 0 radical (unpaired) electrons. The van der Waals surface area contributed by atoms with Crippen LogP contribution in [-0.4, -0.2) is 40.0 Å². The summed E-state index contributed by atoms with van der Waals surface area (Å²) in [5, 5.41) is 5.82. The summed E-state index contributed by atoms with van der Waals surface area (Å²) in [6.45, 7) is 4.60. The van der Waals surface area contributed by atoms with E-state index in [-0.39, 0.29) is 18.0 Å². The summed E-state index contributed by atoms with van der Waals surface area (Å²) < 4.78 is 29.1. The predicted molar refractivity (Wildman–Crippen MR) is 109 cm³/mol. The van der Waals surface area contributed by atoms with E-state index in [0.717, 1.165) is 35.6 Å². The molecule has 0 saturated carbocycles.